The summed E-state index contributed by atoms with van der Waals surface area (Å²) in [5.41, 5.74) is 1.52. The number of benzene rings is 2. The minimum absolute atomic E-state index is 0.0472. The highest BCUT2D eigenvalue weighted by Crippen LogP contribution is 2.30. The maximum atomic E-state index is 12.1. The standard InChI is InChI=1S/C20H22Cl2N2O3S/c1-14(20-17(21)5-4-6-18(20)22)13-23-19(25)12-9-15-7-10-16(11-8-15)28(26,27)24(2)3/h4-12,14H,13H2,1-3H3,(H,23,25). The van der Waals surface area contributed by atoms with E-state index in [1.54, 1.807) is 36.4 Å². The van der Waals surface area contributed by atoms with Crippen molar-refractivity contribution in [3.05, 3.63) is 69.7 Å². The smallest absolute Gasteiger partial charge is 0.244 e. The first-order valence-electron chi connectivity index (χ1n) is 8.55. The summed E-state index contributed by atoms with van der Waals surface area (Å²) in [5.74, 6) is -0.311. The summed E-state index contributed by atoms with van der Waals surface area (Å²) in [6.07, 6.45) is 3.02. The SMILES string of the molecule is CC(CNC(=O)C=Cc1ccc(S(=O)(=O)N(C)C)cc1)c1c(Cl)cccc1Cl. The van der Waals surface area contributed by atoms with Crippen LogP contribution in [0.2, 0.25) is 10.0 Å². The van der Waals surface area contributed by atoms with Gasteiger partial charge in [-0.05, 0) is 41.5 Å². The predicted molar refractivity (Wildman–Crippen MR) is 114 cm³/mol. The van der Waals surface area contributed by atoms with E-state index in [4.69, 9.17) is 23.2 Å². The highest BCUT2D eigenvalue weighted by molar-refractivity contribution is 7.89. The summed E-state index contributed by atoms with van der Waals surface area (Å²) < 4.78 is 25.2. The third-order valence-corrected chi connectivity index (χ3v) is 6.65. The second kappa shape index (κ2) is 9.56. The van der Waals surface area contributed by atoms with Crippen molar-refractivity contribution < 1.29 is 13.2 Å². The molecular formula is C20H22Cl2N2O3S. The molecule has 28 heavy (non-hydrogen) atoms. The first-order valence-corrected chi connectivity index (χ1v) is 10.7. The van der Waals surface area contributed by atoms with E-state index in [0.29, 0.717) is 16.6 Å². The van der Waals surface area contributed by atoms with Crippen molar-refractivity contribution in [2.45, 2.75) is 17.7 Å². The molecule has 0 saturated heterocycles. The van der Waals surface area contributed by atoms with Gasteiger partial charge in [-0.1, -0.05) is 48.3 Å². The van der Waals surface area contributed by atoms with Gasteiger partial charge in [0.15, 0.2) is 0 Å². The Bertz CT molecular complexity index is 951. The number of nitrogens with zero attached hydrogens (tertiary/aromatic N) is 1. The molecule has 0 aliphatic rings. The van der Waals surface area contributed by atoms with Crippen LogP contribution in [-0.2, 0) is 14.8 Å². The summed E-state index contributed by atoms with van der Waals surface area (Å²) in [4.78, 5) is 12.3. The molecule has 0 radical (unpaired) electrons. The van der Waals surface area contributed by atoms with Gasteiger partial charge in [0.1, 0.15) is 0 Å². The quantitative estimate of drug-likeness (QED) is 0.656. The molecule has 1 unspecified atom stereocenters. The molecule has 5 nitrogen and oxygen atoms in total. The van der Waals surface area contributed by atoms with Crippen LogP contribution in [0.5, 0.6) is 0 Å². The Labute approximate surface area is 176 Å². The Hall–Kier alpha value is -1.86. The molecule has 0 saturated carbocycles. The fourth-order valence-electron chi connectivity index (χ4n) is 2.53. The molecular weight excluding hydrogens is 419 g/mol. The van der Waals surface area contributed by atoms with Crippen LogP contribution in [0.3, 0.4) is 0 Å². The summed E-state index contributed by atoms with van der Waals surface area (Å²) in [7, 11) is -0.515. The lowest BCUT2D eigenvalue weighted by molar-refractivity contribution is -0.116. The Morgan fingerprint density at radius 2 is 1.68 bits per heavy atom. The van der Waals surface area contributed by atoms with Crippen molar-refractivity contribution in [2.24, 2.45) is 0 Å². The van der Waals surface area contributed by atoms with Crippen LogP contribution in [0.25, 0.3) is 6.08 Å². The summed E-state index contributed by atoms with van der Waals surface area (Å²) in [5, 5.41) is 3.94. The minimum Gasteiger partial charge on any atom is -0.352 e. The van der Waals surface area contributed by atoms with Gasteiger partial charge in [-0.25, -0.2) is 12.7 Å². The number of carbonyl (C=O) groups excluding carboxylic acids is 1. The molecule has 2 aromatic rings. The van der Waals surface area contributed by atoms with Crippen molar-refractivity contribution in [1.82, 2.24) is 9.62 Å². The van der Waals surface area contributed by atoms with Crippen molar-refractivity contribution in [3.63, 3.8) is 0 Å². The van der Waals surface area contributed by atoms with Crippen LogP contribution in [0.15, 0.2) is 53.4 Å². The lowest BCUT2D eigenvalue weighted by Gasteiger charge is -2.15. The van der Waals surface area contributed by atoms with Crippen molar-refractivity contribution in [2.75, 3.05) is 20.6 Å². The Morgan fingerprint density at radius 3 is 2.21 bits per heavy atom. The van der Waals surface area contributed by atoms with Gasteiger partial charge in [-0.15, -0.1) is 0 Å². The number of nitrogens with one attached hydrogen (secondary N) is 1. The molecule has 0 bridgehead atoms. The Morgan fingerprint density at radius 1 is 1.11 bits per heavy atom. The number of hydrogen-bond acceptors (Lipinski definition) is 3. The van der Waals surface area contributed by atoms with E-state index in [1.165, 1.54) is 32.3 Å². The number of halogens is 2. The number of sulfonamides is 1. The zero-order valence-electron chi connectivity index (χ0n) is 15.8. The second-order valence-corrected chi connectivity index (χ2v) is 9.44. The molecule has 8 heteroatoms. The van der Waals surface area contributed by atoms with Crippen LogP contribution in [0.1, 0.15) is 24.0 Å². The first-order chi connectivity index (χ1) is 13.1. The average molecular weight is 441 g/mol. The van der Waals surface area contributed by atoms with Gasteiger partial charge in [-0.2, -0.15) is 0 Å². The second-order valence-electron chi connectivity index (χ2n) is 6.47. The average Bonchev–Trinajstić information content (AvgIpc) is 2.64. The van der Waals surface area contributed by atoms with E-state index in [1.807, 2.05) is 6.92 Å². The van der Waals surface area contributed by atoms with Gasteiger partial charge in [0.2, 0.25) is 15.9 Å². The normalized spacial score (nSPS) is 13.1. The molecule has 0 aliphatic carbocycles. The zero-order chi connectivity index (χ0) is 20.9. The van der Waals surface area contributed by atoms with Crippen molar-refractivity contribution in [3.8, 4) is 0 Å². The van der Waals surface area contributed by atoms with Crippen LogP contribution >= 0.6 is 23.2 Å². The summed E-state index contributed by atoms with van der Waals surface area (Å²) in [6, 6.07) is 11.6. The number of rotatable bonds is 7. The predicted octanol–water partition coefficient (Wildman–Crippen LogP) is 4.18. The van der Waals surface area contributed by atoms with E-state index in [2.05, 4.69) is 5.32 Å². The fourth-order valence-corrected chi connectivity index (χ4v) is 4.20. The highest BCUT2D eigenvalue weighted by Gasteiger charge is 2.16. The van der Waals surface area contributed by atoms with Crippen LogP contribution in [-0.4, -0.2) is 39.3 Å². The molecule has 1 atom stereocenters. The molecule has 2 rings (SSSR count). The van der Waals surface area contributed by atoms with Crippen molar-refractivity contribution >= 4 is 45.2 Å². The largest absolute Gasteiger partial charge is 0.352 e. The fraction of sp³-hybridized carbons (Fsp3) is 0.250. The van der Waals surface area contributed by atoms with E-state index < -0.39 is 10.0 Å². The van der Waals surface area contributed by atoms with Gasteiger partial charge in [0.05, 0.1) is 4.90 Å². The number of amides is 1. The molecule has 0 aromatic heterocycles. The molecule has 150 valence electrons. The molecule has 0 spiro atoms. The summed E-state index contributed by atoms with van der Waals surface area (Å²) >= 11 is 12.4. The Kier molecular flexibility index (Phi) is 7.66. The van der Waals surface area contributed by atoms with Crippen LogP contribution in [0, 0.1) is 0 Å². The Balaban J connectivity index is 1.97. The number of carbonyl (C=O) groups is 1. The topological polar surface area (TPSA) is 66.5 Å². The molecule has 0 heterocycles. The third-order valence-electron chi connectivity index (χ3n) is 4.16. The van der Waals surface area contributed by atoms with Crippen LogP contribution < -0.4 is 5.32 Å². The van der Waals surface area contributed by atoms with E-state index in [9.17, 15) is 13.2 Å². The maximum Gasteiger partial charge on any atom is 0.244 e. The van der Waals surface area contributed by atoms with Gasteiger partial charge in [0.25, 0.3) is 0 Å². The molecule has 2 aromatic carbocycles. The van der Waals surface area contributed by atoms with Gasteiger partial charge < -0.3 is 5.32 Å². The van der Waals surface area contributed by atoms with Crippen molar-refractivity contribution in [1.29, 1.82) is 0 Å². The first kappa shape index (κ1) is 22.4. The minimum atomic E-state index is -3.47. The van der Waals surface area contributed by atoms with Gasteiger partial charge in [0, 0.05) is 42.7 Å². The summed E-state index contributed by atoms with van der Waals surface area (Å²) in [6.45, 7) is 2.31. The molecule has 0 aliphatic heterocycles. The highest BCUT2D eigenvalue weighted by atomic mass is 35.5. The number of hydrogen-bond donors (Lipinski definition) is 1. The lowest BCUT2D eigenvalue weighted by atomic mass is 10.0. The molecule has 1 amide bonds. The van der Waals surface area contributed by atoms with Crippen LogP contribution in [0.4, 0.5) is 0 Å². The van der Waals surface area contributed by atoms with E-state index in [-0.39, 0.29) is 16.7 Å². The van der Waals surface area contributed by atoms with E-state index in [0.717, 1.165) is 15.4 Å². The van der Waals surface area contributed by atoms with Gasteiger partial charge in [-0.3, -0.25) is 4.79 Å². The van der Waals surface area contributed by atoms with Gasteiger partial charge >= 0.3 is 0 Å². The third kappa shape index (κ3) is 5.58. The van der Waals surface area contributed by atoms with E-state index >= 15 is 0 Å². The zero-order valence-corrected chi connectivity index (χ0v) is 18.1. The molecule has 0 fully saturated rings. The molecule has 1 N–H and O–H groups in total. The monoisotopic (exact) mass is 440 g/mol. The maximum absolute atomic E-state index is 12.1. The lowest BCUT2D eigenvalue weighted by Crippen LogP contribution is -2.25.